The smallest absolute Gasteiger partial charge is 1.00 e. The summed E-state index contributed by atoms with van der Waals surface area (Å²) in [5.74, 6) is 0. The van der Waals surface area contributed by atoms with Crippen LogP contribution in [0.2, 0.25) is 0 Å². The van der Waals surface area contributed by atoms with Crippen molar-refractivity contribution in [2.75, 3.05) is 0 Å². The van der Waals surface area contributed by atoms with Crippen molar-refractivity contribution in [3.05, 3.63) is 133 Å². The van der Waals surface area contributed by atoms with Gasteiger partial charge in [-0.15, -0.1) is 10.2 Å². The first-order valence-electron chi connectivity index (χ1n) is 11.7. The van der Waals surface area contributed by atoms with Crippen molar-refractivity contribution < 1.29 is 106 Å². The Kier molecular flexibility index (Phi) is 10.7. The van der Waals surface area contributed by atoms with Crippen molar-refractivity contribution in [1.82, 2.24) is 30.0 Å². The van der Waals surface area contributed by atoms with Crippen LogP contribution in [0.25, 0.3) is 46.0 Å². The van der Waals surface area contributed by atoms with Gasteiger partial charge in [-0.2, -0.15) is 19.8 Å². The van der Waals surface area contributed by atoms with Gasteiger partial charge < -0.3 is 2.85 Å². The van der Waals surface area contributed by atoms with Crippen molar-refractivity contribution in [3.8, 4) is 33.9 Å². The van der Waals surface area contributed by atoms with Gasteiger partial charge in [0.25, 0.3) is 0 Å². The van der Waals surface area contributed by atoms with Crippen LogP contribution in [0.15, 0.2) is 122 Å². The van der Waals surface area contributed by atoms with Gasteiger partial charge in [-0.25, -0.2) is 0 Å². The van der Waals surface area contributed by atoms with Crippen molar-refractivity contribution in [3.63, 3.8) is 0 Å². The summed E-state index contributed by atoms with van der Waals surface area (Å²) >= 11 is 0. The molecule has 0 N–H and O–H groups in total. The van der Waals surface area contributed by atoms with Gasteiger partial charge in [0.2, 0.25) is 0 Å². The van der Waals surface area contributed by atoms with Gasteiger partial charge in [0.05, 0.1) is 23.8 Å². The van der Waals surface area contributed by atoms with E-state index < -0.39 is 0 Å². The van der Waals surface area contributed by atoms with Gasteiger partial charge in [-0.05, 0) is 35.4 Å². The van der Waals surface area contributed by atoms with Crippen LogP contribution in [0, 0.1) is 0 Å². The van der Waals surface area contributed by atoms with Crippen molar-refractivity contribution in [2.24, 2.45) is 0 Å². The third kappa shape index (κ3) is 7.02. The predicted octanol–water partition coefficient (Wildman–Crippen LogP) is 0.585. The minimum Gasteiger partial charge on any atom is -1.00 e. The zero-order valence-electron chi connectivity index (χ0n) is 23.4. The third-order valence-electron chi connectivity index (χ3n) is 5.84. The SMILES string of the molecule is C(=Cc1ccc(-n2ncc(-c3ccccc3)n2)cc1)c1ccc(-n2ncc(-c3ccccc3)n2)cc1.[H-].[H-].[K+].[K+]. The molecule has 6 aromatic rings. The standard InChI is InChI=1S/C30H22N6.2K.2H/c1-3-7-25(8-4-1)29-21-31-35(33-29)27-17-13-23(14-18-27)11-12-24-15-19-28(20-16-24)36-32-22-30(34-36)26-9-5-2-6-10-26;;;;/h1-22H;;;;/q;2*+1;2*-1. The van der Waals surface area contributed by atoms with Crippen LogP contribution in [-0.2, 0) is 0 Å². The van der Waals surface area contributed by atoms with Gasteiger partial charge in [-0.3, -0.25) is 0 Å². The minimum absolute atomic E-state index is 0. The fraction of sp³-hybridized carbons (Fsp3) is 0. The largest absolute Gasteiger partial charge is 1.00 e. The molecule has 0 atom stereocenters. The van der Waals surface area contributed by atoms with Crippen LogP contribution >= 0.6 is 0 Å². The Hall–Kier alpha value is -1.83. The van der Waals surface area contributed by atoms with E-state index in [0.717, 1.165) is 45.0 Å². The number of hydrogen-bond donors (Lipinski definition) is 0. The van der Waals surface area contributed by atoms with E-state index in [1.807, 2.05) is 84.9 Å². The summed E-state index contributed by atoms with van der Waals surface area (Å²) in [6.07, 6.45) is 7.75. The molecule has 0 aliphatic heterocycles. The van der Waals surface area contributed by atoms with E-state index in [4.69, 9.17) is 0 Å². The Morgan fingerprint density at radius 3 is 1.21 bits per heavy atom. The molecular weight excluding hydrogens is 523 g/mol. The fourth-order valence-corrected chi connectivity index (χ4v) is 3.89. The number of nitrogens with zero attached hydrogens (tertiary/aromatic N) is 6. The maximum atomic E-state index is 4.60. The second-order valence-electron chi connectivity index (χ2n) is 8.29. The monoisotopic (exact) mass is 546 g/mol. The van der Waals surface area contributed by atoms with E-state index in [1.54, 1.807) is 22.0 Å². The molecule has 0 amide bonds. The number of hydrogen-bond acceptors (Lipinski definition) is 4. The molecule has 176 valence electrons. The topological polar surface area (TPSA) is 61.4 Å². The zero-order chi connectivity index (χ0) is 24.2. The molecule has 4 aromatic carbocycles. The summed E-state index contributed by atoms with van der Waals surface area (Å²) in [4.78, 5) is 3.31. The average Bonchev–Trinajstić information content (AvgIpc) is 3.65. The van der Waals surface area contributed by atoms with Crippen molar-refractivity contribution in [2.45, 2.75) is 0 Å². The number of benzene rings is 4. The first kappa shape index (κ1) is 29.2. The van der Waals surface area contributed by atoms with Gasteiger partial charge in [0.15, 0.2) is 0 Å². The van der Waals surface area contributed by atoms with Crippen LogP contribution in [-0.4, -0.2) is 30.0 Å². The maximum Gasteiger partial charge on any atom is 1.00 e. The van der Waals surface area contributed by atoms with Gasteiger partial charge in [0, 0.05) is 11.1 Å². The van der Waals surface area contributed by atoms with Crippen molar-refractivity contribution >= 4 is 12.2 Å². The molecule has 2 heterocycles. The Morgan fingerprint density at radius 2 is 0.842 bits per heavy atom. The number of aromatic nitrogens is 6. The Labute approximate surface area is 309 Å². The van der Waals surface area contributed by atoms with E-state index in [1.165, 1.54) is 0 Å². The second kappa shape index (κ2) is 14.0. The normalized spacial score (nSPS) is 10.6. The fourth-order valence-electron chi connectivity index (χ4n) is 3.89. The molecule has 0 radical (unpaired) electrons. The first-order chi connectivity index (χ1) is 17.8. The second-order valence-corrected chi connectivity index (χ2v) is 8.29. The summed E-state index contributed by atoms with van der Waals surface area (Å²) in [5, 5.41) is 18.0. The molecule has 2 aromatic heterocycles. The van der Waals surface area contributed by atoms with Crippen molar-refractivity contribution in [1.29, 1.82) is 0 Å². The van der Waals surface area contributed by atoms with Crippen LogP contribution in [0.3, 0.4) is 0 Å². The summed E-state index contributed by atoms with van der Waals surface area (Å²) < 4.78 is 0. The number of rotatable bonds is 6. The quantitative estimate of drug-likeness (QED) is 0.227. The molecule has 0 unspecified atom stereocenters. The van der Waals surface area contributed by atoms with E-state index in [-0.39, 0.29) is 106 Å². The molecule has 0 spiro atoms. The summed E-state index contributed by atoms with van der Waals surface area (Å²) in [7, 11) is 0. The Bertz CT molecular complexity index is 1500. The summed E-state index contributed by atoms with van der Waals surface area (Å²) in [6.45, 7) is 0. The van der Waals surface area contributed by atoms with Crippen LogP contribution in [0.1, 0.15) is 14.0 Å². The molecule has 0 aliphatic rings. The molecule has 0 fully saturated rings. The Morgan fingerprint density at radius 1 is 0.474 bits per heavy atom. The zero-order valence-corrected chi connectivity index (χ0v) is 27.6. The minimum atomic E-state index is 0. The molecule has 0 aliphatic carbocycles. The predicted molar refractivity (Wildman–Crippen MR) is 145 cm³/mol. The van der Waals surface area contributed by atoms with E-state index >= 15 is 0 Å². The van der Waals surface area contributed by atoms with Gasteiger partial charge in [0.1, 0.15) is 11.4 Å². The molecule has 6 nitrogen and oxygen atoms in total. The Balaban J connectivity index is 0.00000140. The summed E-state index contributed by atoms with van der Waals surface area (Å²) in [5.41, 5.74) is 7.83. The van der Waals surface area contributed by atoms with E-state index in [2.05, 4.69) is 56.8 Å². The molecule has 0 saturated carbocycles. The molecule has 6 rings (SSSR count). The van der Waals surface area contributed by atoms with Crippen LogP contribution < -0.4 is 103 Å². The van der Waals surface area contributed by atoms with E-state index in [9.17, 15) is 0 Å². The van der Waals surface area contributed by atoms with Crippen LogP contribution in [0.4, 0.5) is 0 Å². The molecule has 38 heavy (non-hydrogen) atoms. The first-order valence-corrected chi connectivity index (χ1v) is 11.7. The molecule has 8 heteroatoms. The van der Waals surface area contributed by atoms with Gasteiger partial charge in [-0.1, -0.05) is 97.1 Å². The third-order valence-corrected chi connectivity index (χ3v) is 5.84. The van der Waals surface area contributed by atoms with E-state index in [0.29, 0.717) is 0 Å². The molecular formula is C30H24K2N6. The average molecular weight is 547 g/mol. The maximum absolute atomic E-state index is 4.60. The van der Waals surface area contributed by atoms with Gasteiger partial charge >= 0.3 is 103 Å². The van der Waals surface area contributed by atoms with Crippen LogP contribution in [0.5, 0.6) is 0 Å². The molecule has 0 bridgehead atoms. The summed E-state index contributed by atoms with van der Waals surface area (Å²) in [6, 6.07) is 36.4. The molecule has 0 saturated heterocycles.